The van der Waals surface area contributed by atoms with Crippen LogP contribution in [0.2, 0.25) is 0 Å². The van der Waals surface area contributed by atoms with Gasteiger partial charge in [-0.3, -0.25) is 0 Å². The number of nitrogens with two attached hydrogens (primary N) is 1. The van der Waals surface area contributed by atoms with Gasteiger partial charge in [-0.2, -0.15) is 0 Å². The molecule has 0 amide bonds. The van der Waals surface area contributed by atoms with Gasteiger partial charge in [-0.05, 0) is 41.0 Å². The molecule has 3 rings (SSSR count). The molecule has 0 aliphatic carbocycles. The topological polar surface area (TPSA) is 72.5 Å². The number of anilines is 1. The van der Waals surface area contributed by atoms with E-state index in [1.54, 1.807) is 18.2 Å². The maximum absolute atomic E-state index is 11.1. The molecule has 3 N–H and O–H groups in total. The van der Waals surface area contributed by atoms with Crippen LogP contribution in [0.4, 0.5) is 10.5 Å². The van der Waals surface area contributed by atoms with E-state index >= 15 is 0 Å². The zero-order chi connectivity index (χ0) is 18.7. The summed E-state index contributed by atoms with van der Waals surface area (Å²) in [5.41, 5.74) is 9.98. The average molecular weight is 347 g/mol. The van der Waals surface area contributed by atoms with Crippen molar-refractivity contribution in [1.82, 2.24) is 0 Å². The summed E-state index contributed by atoms with van der Waals surface area (Å²) in [7, 11) is 0. The fraction of sp³-hybridized carbons (Fsp3) is 0.136. The van der Waals surface area contributed by atoms with Crippen LogP contribution in [-0.2, 0) is 5.41 Å². The monoisotopic (exact) mass is 347 g/mol. The molecule has 0 unspecified atom stereocenters. The normalized spacial score (nSPS) is 11.2. The Morgan fingerprint density at radius 2 is 1.58 bits per heavy atom. The fourth-order valence-corrected chi connectivity index (χ4v) is 3.01. The predicted octanol–water partition coefficient (Wildman–Crippen LogP) is 5.32. The van der Waals surface area contributed by atoms with Crippen LogP contribution in [0, 0.1) is 0 Å². The molecule has 0 aromatic heterocycles. The van der Waals surface area contributed by atoms with E-state index in [-0.39, 0.29) is 5.41 Å². The van der Waals surface area contributed by atoms with Crippen LogP contribution in [0.3, 0.4) is 0 Å². The Morgan fingerprint density at radius 1 is 0.923 bits per heavy atom. The van der Waals surface area contributed by atoms with Crippen molar-refractivity contribution in [2.75, 3.05) is 5.73 Å². The molecular formula is C22H21NO3. The lowest BCUT2D eigenvalue weighted by atomic mass is 9.77. The van der Waals surface area contributed by atoms with E-state index in [4.69, 9.17) is 15.6 Å². The lowest BCUT2D eigenvalue weighted by Crippen LogP contribution is -2.19. The van der Waals surface area contributed by atoms with Gasteiger partial charge in [0, 0.05) is 16.7 Å². The number of hydrogen-bond donors (Lipinski definition) is 2. The summed E-state index contributed by atoms with van der Waals surface area (Å²) >= 11 is 0. The van der Waals surface area contributed by atoms with Gasteiger partial charge in [-0.25, -0.2) is 4.79 Å². The van der Waals surface area contributed by atoms with Crippen molar-refractivity contribution in [2.45, 2.75) is 19.3 Å². The number of carboxylic acid groups (broad SMARTS) is 1. The molecule has 3 aromatic rings. The number of rotatable bonds is 4. The third-order valence-electron chi connectivity index (χ3n) is 4.62. The summed E-state index contributed by atoms with van der Waals surface area (Å²) in [6.45, 7) is 4.28. The van der Waals surface area contributed by atoms with E-state index in [0.29, 0.717) is 17.0 Å². The van der Waals surface area contributed by atoms with E-state index < -0.39 is 6.16 Å². The van der Waals surface area contributed by atoms with Crippen molar-refractivity contribution in [2.24, 2.45) is 0 Å². The van der Waals surface area contributed by atoms with Crippen molar-refractivity contribution in [3.63, 3.8) is 0 Å². The predicted molar refractivity (Wildman–Crippen MR) is 104 cm³/mol. The van der Waals surface area contributed by atoms with Crippen molar-refractivity contribution in [1.29, 1.82) is 0 Å². The van der Waals surface area contributed by atoms with Gasteiger partial charge >= 0.3 is 6.16 Å². The minimum absolute atomic E-state index is 0.244. The van der Waals surface area contributed by atoms with Crippen molar-refractivity contribution in [3.8, 4) is 16.9 Å². The molecule has 0 aliphatic rings. The third kappa shape index (κ3) is 3.54. The molecular weight excluding hydrogens is 326 g/mol. The molecule has 0 heterocycles. The van der Waals surface area contributed by atoms with Crippen LogP contribution in [0.1, 0.15) is 25.0 Å². The second-order valence-corrected chi connectivity index (χ2v) is 6.69. The molecule has 26 heavy (non-hydrogen) atoms. The number of nitrogen functional groups attached to an aromatic ring is 1. The van der Waals surface area contributed by atoms with Gasteiger partial charge in [0.1, 0.15) is 5.75 Å². The minimum atomic E-state index is -1.34. The Morgan fingerprint density at radius 3 is 2.19 bits per heavy atom. The number of carbonyl (C=O) groups is 1. The van der Waals surface area contributed by atoms with E-state index in [2.05, 4.69) is 26.0 Å². The van der Waals surface area contributed by atoms with Gasteiger partial charge in [0.2, 0.25) is 0 Å². The van der Waals surface area contributed by atoms with E-state index in [1.165, 1.54) is 5.56 Å². The van der Waals surface area contributed by atoms with Crippen LogP contribution >= 0.6 is 0 Å². The third-order valence-corrected chi connectivity index (χ3v) is 4.62. The van der Waals surface area contributed by atoms with Crippen LogP contribution in [0.25, 0.3) is 11.1 Å². The first-order chi connectivity index (χ1) is 12.4. The summed E-state index contributed by atoms with van der Waals surface area (Å²) < 4.78 is 4.99. The second kappa shape index (κ2) is 6.92. The molecule has 0 fully saturated rings. The molecule has 0 saturated carbocycles. The zero-order valence-electron chi connectivity index (χ0n) is 14.8. The Bertz CT molecular complexity index is 916. The smallest absolute Gasteiger partial charge is 0.449 e. The van der Waals surface area contributed by atoms with Crippen molar-refractivity contribution < 1.29 is 14.6 Å². The molecule has 4 heteroatoms. The van der Waals surface area contributed by atoms with Crippen LogP contribution in [0.15, 0.2) is 72.8 Å². The van der Waals surface area contributed by atoms with Gasteiger partial charge < -0.3 is 15.6 Å². The molecule has 0 saturated heterocycles. The van der Waals surface area contributed by atoms with Gasteiger partial charge in [-0.15, -0.1) is 0 Å². The lowest BCUT2D eigenvalue weighted by molar-refractivity contribution is 0.144. The highest BCUT2D eigenvalue weighted by atomic mass is 16.7. The number of hydrogen-bond acceptors (Lipinski definition) is 3. The highest BCUT2D eigenvalue weighted by Gasteiger charge is 2.24. The Hall–Kier alpha value is -3.27. The largest absolute Gasteiger partial charge is 0.511 e. The molecule has 0 bridgehead atoms. The highest BCUT2D eigenvalue weighted by Crippen LogP contribution is 2.38. The van der Waals surface area contributed by atoms with Gasteiger partial charge in [-0.1, -0.05) is 62.4 Å². The zero-order valence-corrected chi connectivity index (χ0v) is 14.8. The first-order valence-corrected chi connectivity index (χ1v) is 8.34. The summed E-state index contributed by atoms with van der Waals surface area (Å²) in [4.78, 5) is 11.1. The fourth-order valence-electron chi connectivity index (χ4n) is 3.01. The van der Waals surface area contributed by atoms with Crippen molar-refractivity contribution >= 4 is 11.8 Å². The molecule has 0 atom stereocenters. The van der Waals surface area contributed by atoms with Crippen molar-refractivity contribution in [3.05, 3.63) is 83.9 Å². The average Bonchev–Trinajstić information content (AvgIpc) is 2.63. The quantitative estimate of drug-likeness (QED) is 0.381. The van der Waals surface area contributed by atoms with Crippen LogP contribution in [0.5, 0.6) is 5.75 Å². The molecule has 0 radical (unpaired) electrons. The van der Waals surface area contributed by atoms with Gasteiger partial charge in [0.15, 0.2) is 0 Å². The van der Waals surface area contributed by atoms with E-state index in [0.717, 1.165) is 11.1 Å². The van der Waals surface area contributed by atoms with Crippen LogP contribution in [-0.4, -0.2) is 11.3 Å². The standard InChI is InChI=1S/C22H21NO3/c1-22(2,16-6-4-3-5-7-16)17-10-13-20(26-21(24)25)19(14-17)15-8-11-18(23)12-9-15/h3-14H,23H2,1-2H3,(H,24,25). The summed E-state index contributed by atoms with van der Waals surface area (Å²) in [6, 6.07) is 23.1. The minimum Gasteiger partial charge on any atom is -0.449 e. The summed E-state index contributed by atoms with van der Waals surface area (Å²) in [6.07, 6.45) is -1.34. The first-order valence-electron chi connectivity index (χ1n) is 8.34. The van der Waals surface area contributed by atoms with Gasteiger partial charge in [0.25, 0.3) is 0 Å². The lowest BCUT2D eigenvalue weighted by Gasteiger charge is -2.27. The molecule has 0 aliphatic heterocycles. The number of ether oxygens (including phenoxy) is 1. The number of benzene rings is 3. The molecule has 4 nitrogen and oxygen atoms in total. The SMILES string of the molecule is CC(C)(c1ccccc1)c1ccc(OC(=O)O)c(-c2ccc(N)cc2)c1. The van der Waals surface area contributed by atoms with E-state index in [9.17, 15) is 4.79 Å². The second-order valence-electron chi connectivity index (χ2n) is 6.69. The Balaban J connectivity index is 2.13. The Kier molecular flexibility index (Phi) is 4.67. The molecule has 3 aromatic carbocycles. The molecule has 132 valence electrons. The first kappa shape index (κ1) is 17.5. The Labute approximate surface area is 152 Å². The van der Waals surface area contributed by atoms with Gasteiger partial charge in [0.05, 0.1) is 0 Å². The maximum atomic E-state index is 11.1. The highest BCUT2D eigenvalue weighted by molar-refractivity contribution is 5.76. The molecule has 0 spiro atoms. The maximum Gasteiger partial charge on any atom is 0.511 e. The van der Waals surface area contributed by atoms with E-state index in [1.807, 2.05) is 42.5 Å². The summed E-state index contributed by atoms with van der Waals surface area (Å²) in [5.74, 6) is 0.301. The summed E-state index contributed by atoms with van der Waals surface area (Å²) in [5, 5.41) is 9.05. The van der Waals surface area contributed by atoms with Crippen LogP contribution < -0.4 is 10.5 Å².